The van der Waals surface area contributed by atoms with Crippen LogP contribution in [0.3, 0.4) is 0 Å². The topological polar surface area (TPSA) is 57.6 Å². The Bertz CT molecular complexity index is 378. The zero-order valence-corrected chi connectivity index (χ0v) is 8.15. The summed E-state index contributed by atoms with van der Waals surface area (Å²) in [5, 5.41) is 8.80. The number of hydrogen-bond acceptors (Lipinski definition) is 2. The maximum absolute atomic E-state index is 10.9. The Morgan fingerprint density at radius 2 is 1.93 bits per heavy atom. The molecule has 1 N–H and O–H groups in total. The lowest BCUT2D eigenvalue weighted by molar-refractivity contribution is -0.115. The molecule has 5 heteroatoms. The van der Waals surface area contributed by atoms with Gasteiger partial charge in [-0.15, -0.1) is 0 Å². The fourth-order valence-corrected chi connectivity index (χ4v) is 1.14. The lowest BCUT2D eigenvalue weighted by Crippen LogP contribution is -2.19. The minimum atomic E-state index is -1.12. The average molecular weight is 214 g/mol. The Hall–Kier alpha value is -1.55. The van der Waals surface area contributed by atoms with Gasteiger partial charge in [-0.1, -0.05) is 12.1 Å². The number of aromatic carboxylic acids is 1. The molecular weight excluding hydrogens is 206 g/mol. The molecule has 0 heterocycles. The van der Waals surface area contributed by atoms with E-state index in [4.69, 9.17) is 16.9 Å². The Morgan fingerprint density at radius 3 is 2.43 bits per heavy atom. The maximum Gasteiger partial charge on any atom is 0.337 e. The van der Waals surface area contributed by atoms with Crippen molar-refractivity contribution in [2.75, 3.05) is 4.42 Å². The number of halogens is 1. The third kappa shape index (κ3) is 2.03. The summed E-state index contributed by atoms with van der Waals surface area (Å²) in [4.78, 5) is 21.7. The van der Waals surface area contributed by atoms with Crippen molar-refractivity contribution in [2.45, 2.75) is 6.92 Å². The highest BCUT2D eigenvalue weighted by Gasteiger charge is 2.16. The normalized spacial score (nSPS) is 9.57. The number of carbonyl (C=O) groups excluding carboxylic acids is 1. The Kier molecular flexibility index (Phi) is 3.09. The molecule has 14 heavy (non-hydrogen) atoms. The standard InChI is InChI=1S/C9H8ClNO3/c1-6(12)11(10)8-5-3-2-4-7(8)9(13)14/h2-5H,1H3,(H,13,14). The van der Waals surface area contributed by atoms with Gasteiger partial charge in [-0.3, -0.25) is 4.79 Å². The summed E-state index contributed by atoms with van der Waals surface area (Å²) >= 11 is 5.61. The second-order valence-electron chi connectivity index (χ2n) is 2.62. The molecule has 1 aromatic rings. The van der Waals surface area contributed by atoms with Crippen LogP contribution < -0.4 is 4.42 Å². The highest BCUT2D eigenvalue weighted by Crippen LogP contribution is 2.22. The van der Waals surface area contributed by atoms with E-state index in [9.17, 15) is 9.59 Å². The van der Waals surface area contributed by atoms with Crippen LogP contribution >= 0.6 is 11.8 Å². The molecule has 0 spiro atoms. The van der Waals surface area contributed by atoms with Gasteiger partial charge in [-0.25, -0.2) is 9.21 Å². The third-order valence-electron chi connectivity index (χ3n) is 1.62. The molecule has 1 rings (SSSR count). The minimum absolute atomic E-state index is 0.00213. The number of carbonyl (C=O) groups is 2. The van der Waals surface area contributed by atoms with Crippen molar-refractivity contribution in [3.8, 4) is 0 Å². The maximum atomic E-state index is 10.9. The molecule has 0 fully saturated rings. The van der Waals surface area contributed by atoms with E-state index in [1.165, 1.54) is 19.1 Å². The van der Waals surface area contributed by atoms with Crippen molar-refractivity contribution in [1.82, 2.24) is 0 Å². The molecule has 0 unspecified atom stereocenters. The number of benzene rings is 1. The number of nitrogens with zero attached hydrogens (tertiary/aromatic N) is 1. The number of hydrogen-bond donors (Lipinski definition) is 1. The summed E-state index contributed by atoms with van der Waals surface area (Å²) in [5.41, 5.74) is 0.173. The van der Waals surface area contributed by atoms with E-state index in [1.54, 1.807) is 12.1 Å². The second-order valence-corrected chi connectivity index (χ2v) is 2.96. The molecule has 0 aliphatic carbocycles. The summed E-state index contributed by atoms with van der Waals surface area (Å²) in [6.07, 6.45) is 0. The largest absolute Gasteiger partial charge is 0.478 e. The highest BCUT2D eigenvalue weighted by atomic mass is 35.5. The molecule has 0 aliphatic heterocycles. The monoisotopic (exact) mass is 213 g/mol. The zero-order chi connectivity index (χ0) is 10.7. The molecule has 1 amide bonds. The first-order chi connectivity index (χ1) is 6.54. The molecule has 1 aromatic carbocycles. The minimum Gasteiger partial charge on any atom is -0.478 e. The van der Waals surface area contributed by atoms with Gasteiger partial charge >= 0.3 is 5.97 Å². The van der Waals surface area contributed by atoms with Gasteiger partial charge in [0.1, 0.15) is 0 Å². The molecule has 0 bridgehead atoms. The fourth-order valence-electron chi connectivity index (χ4n) is 0.995. The van der Waals surface area contributed by atoms with Gasteiger partial charge in [0.2, 0.25) is 5.91 Å². The molecule has 0 saturated carbocycles. The number of amides is 1. The van der Waals surface area contributed by atoms with Crippen molar-refractivity contribution >= 4 is 29.3 Å². The van der Waals surface area contributed by atoms with Crippen LogP contribution in [-0.2, 0) is 4.79 Å². The van der Waals surface area contributed by atoms with E-state index in [0.717, 1.165) is 4.42 Å². The number of rotatable bonds is 2. The average Bonchev–Trinajstić information content (AvgIpc) is 2.16. The summed E-state index contributed by atoms with van der Waals surface area (Å²) < 4.78 is 0.781. The van der Waals surface area contributed by atoms with Gasteiger partial charge in [-0.05, 0) is 12.1 Å². The van der Waals surface area contributed by atoms with Crippen LogP contribution in [0.15, 0.2) is 24.3 Å². The first-order valence-electron chi connectivity index (χ1n) is 3.83. The number of anilines is 1. The van der Waals surface area contributed by atoms with E-state index < -0.39 is 11.9 Å². The van der Waals surface area contributed by atoms with Gasteiger partial charge in [0.25, 0.3) is 0 Å². The third-order valence-corrected chi connectivity index (χ3v) is 2.04. The van der Waals surface area contributed by atoms with Gasteiger partial charge in [0.15, 0.2) is 0 Å². The van der Waals surface area contributed by atoms with Gasteiger partial charge in [0.05, 0.1) is 11.3 Å². The molecule has 74 valence electrons. The summed E-state index contributed by atoms with van der Waals surface area (Å²) in [6, 6.07) is 6.03. The highest BCUT2D eigenvalue weighted by molar-refractivity contribution is 6.37. The van der Waals surface area contributed by atoms with E-state index >= 15 is 0 Å². The smallest absolute Gasteiger partial charge is 0.337 e. The first-order valence-corrected chi connectivity index (χ1v) is 4.16. The van der Waals surface area contributed by atoms with Crippen molar-refractivity contribution in [3.63, 3.8) is 0 Å². The SMILES string of the molecule is CC(=O)N(Cl)c1ccccc1C(=O)O. The van der Waals surface area contributed by atoms with Gasteiger partial charge in [-0.2, -0.15) is 0 Å². The summed E-state index contributed by atoms with van der Waals surface area (Å²) in [6.45, 7) is 1.26. The van der Waals surface area contributed by atoms with Gasteiger partial charge in [0, 0.05) is 18.7 Å². The van der Waals surface area contributed by atoms with E-state index in [0.29, 0.717) is 0 Å². The van der Waals surface area contributed by atoms with Gasteiger partial charge < -0.3 is 5.11 Å². The lowest BCUT2D eigenvalue weighted by atomic mass is 10.2. The van der Waals surface area contributed by atoms with Crippen LogP contribution in [0.2, 0.25) is 0 Å². The second kappa shape index (κ2) is 4.11. The molecule has 0 atom stereocenters. The number of carboxylic acid groups (broad SMARTS) is 1. The molecule has 0 radical (unpaired) electrons. The lowest BCUT2D eigenvalue weighted by Gasteiger charge is -2.13. The first kappa shape index (κ1) is 10.5. The van der Waals surface area contributed by atoms with E-state index in [2.05, 4.69) is 0 Å². The molecule has 0 aromatic heterocycles. The quantitative estimate of drug-likeness (QED) is 0.764. The fraction of sp³-hybridized carbons (Fsp3) is 0.111. The van der Waals surface area contributed by atoms with Crippen molar-refractivity contribution in [1.29, 1.82) is 0 Å². The van der Waals surface area contributed by atoms with Crippen LogP contribution in [0.25, 0.3) is 0 Å². The number of carboxylic acids is 1. The predicted octanol–water partition coefficient (Wildman–Crippen LogP) is 1.89. The Morgan fingerprint density at radius 1 is 1.36 bits per heavy atom. The Labute approximate surface area is 85.8 Å². The van der Waals surface area contributed by atoms with Crippen molar-refractivity contribution < 1.29 is 14.7 Å². The van der Waals surface area contributed by atoms with Crippen molar-refractivity contribution in [2.24, 2.45) is 0 Å². The number of para-hydroxylation sites is 1. The molecule has 0 aliphatic rings. The van der Waals surface area contributed by atoms with Crippen LogP contribution in [-0.4, -0.2) is 17.0 Å². The van der Waals surface area contributed by atoms with Crippen LogP contribution in [0.4, 0.5) is 5.69 Å². The Balaban J connectivity index is 3.19. The van der Waals surface area contributed by atoms with Crippen LogP contribution in [0, 0.1) is 0 Å². The zero-order valence-electron chi connectivity index (χ0n) is 7.40. The summed E-state index contributed by atoms with van der Waals surface area (Å²) in [5.74, 6) is -1.55. The molecule has 4 nitrogen and oxygen atoms in total. The molecular formula is C9H8ClNO3. The van der Waals surface area contributed by atoms with Crippen LogP contribution in [0.5, 0.6) is 0 Å². The predicted molar refractivity (Wildman–Crippen MR) is 52.4 cm³/mol. The van der Waals surface area contributed by atoms with Crippen molar-refractivity contribution in [3.05, 3.63) is 29.8 Å². The van der Waals surface area contributed by atoms with E-state index in [-0.39, 0.29) is 11.3 Å². The van der Waals surface area contributed by atoms with Crippen LogP contribution in [0.1, 0.15) is 17.3 Å². The summed E-state index contributed by atoms with van der Waals surface area (Å²) in [7, 11) is 0. The van der Waals surface area contributed by atoms with E-state index in [1.807, 2.05) is 0 Å². The molecule has 0 saturated heterocycles.